The number of hydrogen-bond donors (Lipinski definition) is 0. The van der Waals surface area contributed by atoms with Gasteiger partial charge >= 0.3 is 5.97 Å². The van der Waals surface area contributed by atoms with E-state index in [4.69, 9.17) is 14.2 Å². The molecule has 0 amide bonds. The van der Waals surface area contributed by atoms with Crippen molar-refractivity contribution >= 4 is 5.97 Å². The lowest BCUT2D eigenvalue weighted by Crippen LogP contribution is -2.54. The van der Waals surface area contributed by atoms with Gasteiger partial charge in [0.1, 0.15) is 0 Å². The first-order chi connectivity index (χ1) is 9.05. The van der Waals surface area contributed by atoms with E-state index in [9.17, 15) is 4.79 Å². The second-order valence-corrected chi connectivity index (χ2v) is 5.86. The Morgan fingerprint density at radius 2 is 1.95 bits per heavy atom. The number of ether oxygens (including phenoxy) is 3. The Bertz CT molecular complexity index is 305. The van der Waals surface area contributed by atoms with Gasteiger partial charge in [-0.3, -0.25) is 4.79 Å². The highest BCUT2D eigenvalue weighted by atomic mass is 16.7. The predicted molar refractivity (Wildman–Crippen MR) is 71.7 cm³/mol. The largest absolute Gasteiger partial charge is 0.466 e. The van der Waals surface area contributed by atoms with E-state index in [2.05, 4.69) is 13.8 Å². The summed E-state index contributed by atoms with van der Waals surface area (Å²) in [6.07, 6.45) is 5.86. The Morgan fingerprint density at radius 3 is 2.58 bits per heavy atom. The van der Waals surface area contributed by atoms with Crippen LogP contribution in [0, 0.1) is 5.92 Å². The third kappa shape index (κ3) is 3.48. The molecule has 0 aromatic carbocycles. The summed E-state index contributed by atoms with van der Waals surface area (Å²) in [7, 11) is 0. The van der Waals surface area contributed by atoms with Crippen molar-refractivity contribution in [3.05, 3.63) is 0 Å². The summed E-state index contributed by atoms with van der Waals surface area (Å²) in [6, 6.07) is 0. The number of hydrogen-bond acceptors (Lipinski definition) is 4. The van der Waals surface area contributed by atoms with Crippen molar-refractivity contribution in [3.63, 3.8) is 0 Å². The summed E-state index contributed by atoms with van der Waals surface area (Å²) in [5, 5.41) is 0. The minimum Gasteiger partial charge on any atom is -0.466 e. The van der Waals surface area contributed by atoms with Gasteiger partial charge in [-0.2, -0.15) is 0 Å². The van der Waals surface area contributed by atoms with Gasteiger partial charge < -0.3 is 14.2 Å². The average molecular weight is 270 g/mol. The van der Waals surface area contributed by atoms with E-state index in [0.717, 1.165) is 32.1 Å². The molecule has 1 aliphatic heterocycles. The smallest absolute Gasteiger partial charge is 0.306 e. The van der Waals surface area contributed by atoms with E-state index in [-0.39, 0.29) is 24.1 Å². The van der Waals surface area contributed by atoms with Crippen LogP contribution in [0.5, 0.6) is 0 Å². The maximum absolute atomic E-state index is 11.8. The summed E-state index contributed by atoms with van der Waals surface area (Å²) in [4.78, 5) is 11.8. The third-order valence-corrected chi connectivity index (χ3v) is 4.13. The summed E-state index contributed by atoms with van der Waals surface area (Å²) in [5.41, 5.74) is 0. The molecule has 2 aliphatic rings. The normalized spacial score (nSPS) is 39.2. The molecule has 110 valence electrons. The zero-order valence-corrected chi connectivity index (χ0v) is 12.3. The first-order valence-corrected chi connectivity index (χ1v) is 7.57. The maximum atomic E-state index is 11.8. The molecule has 3 atom stereocenters. The average Bonchev–Trinajstić information content (AvgIpc) is 2.31. The van der Waals surface area contributed by atoms with Gasteiger partial charge in [-0.1, -0.05) is 6.42 Å². The van der Waals surface area contributed by atoms with Crippen molar-refractivity contribution in [1.29, 1.82) is 0 Å². The molecule has 0 aromatic rings. The van der Waals surface area contributed by atoms with Crippen molar-refractivity contribution < 1.29 is 19.0 Å². The third-order valence-electron chi connectivity index (χ3n) is 4.13. The molecule has 0 unspecified atom stereocenters. The van der Waals surface area contributed by atoms with Gasteiger partial charge in [-0.15, -0.1) is 0 Å². The van der Waals surface area contributed by atoms with Gasteiger partial charge in [-0.25, -0.2) is 0 Å². The van der Waals surface area contributed by atoms with Crippen LogP contribution in [0.15, 0.2) is 0 Å². The monoisotopic (exact) mass is 270 g/mol. The molecule has 0 bridgehead atoms. The van der Waals surface area contributed by atoms with Gasteiger partial charge in [0.15, 0.2) is 5.79 Å². The second-order valence-electron chi connectivity index (χ2n) is 5.86. The highest BCUT2D eigenvalue weighted by Gasteiger charge is 2.48. The Hall–Kier alpha value is -0.610. The predicted octanol–water partition coefficient (Wildman–Crippen LogP) is 3.04. The molecule has 0 aromatic heterocycles. The number of carbonyl (C=O) groups excluding carboxylic acids is 1. The fourth-order valence-corrected chi connectivity index (χ4v) is 3.45. The van der Waals surface area contributed by atoms with E-state index in [0.29, 0.717) is 13.0 Å². The first-order valence-electron chi connectivity index (χ1n) is 7.57. The number of esters is 1. The van der Waals surface area contributed by atoms with E-state index in [1.807, 2.05) is 6.92 Å². The van der Waals surface area contributed by atoms with Crippen molar-refractivity contribution in [2.24, 2.45) is 5.92 Å². The second kappa shape index (κ2) is 6.23. The minimum atomic E-state index is -0.553. The molecule has 2 rings (SSSR count). The maximum Gasteiger partial charge on any atom is 0.306 e. The van der Waals surface area contributed by atoms with Gasteiger partial charge in [0, 0.05) is 12.3 Å². The SMILES string of the molecule is CCOC(=O)C[C@@H]1CCCCC12O[C@H](C)C[C@@H](C)O2. The number of rotatable bonds is 3. The van der Waals surface area contributed by atoms with E-state index in [1.165, 1.54) is 0 Å². The first kappa shape index (κ1) is 14.8. The molecular formula is C15H26O4. The highest BCUT2D eigenvalue weighted by molar-refractivity contribution is 5.69. The lowest BCUT2D eigenvalue weighted by Gasteiger charge is -2.49. The van der Waals surface area contributed by atoms with E-state index in [1.54, 1.807) is 0 Å². The summed E-state index contributed by atoms with van der Waals surface area (Å²) in [6.45, 7) is 6.47. The quantitative estimate of drug-likeness (QED) is 0.739. The molecular weight excluding hydrogens is 244 g/mol. The molecule has 1 saturated heterocycles. The molecule has 1 saturated carbocycles. The number of carbonyl (C=O) groups is 1. The Kier molecular flexibility index (Phi) is 4.85. The van der Waals surface area contributed by atoms with Gasteiger partial charge in [0.25, 0.3) is 0 Å². The van der Waals surface area contributed by atoms with E-state index >= 15 is 0 Å². The van der Waals surface area contributed by atoms with Crippen LogP contribution in [0.2, 0.25) is 0 Å². The summed E-state index contributed by atoms with van der Waals surface area (Å²) in [5.74, 6) is -0.556. The molecule has 0 radical (unpaired) electrons. The van der Waals surface area contributed by atoms with Crippen molar-refractivity contribution in [2.75, 3.05) is 6.61 Å². The zero-order valence-electron chi connectivity index (χ0n) is 12.3. The minimum absolute atomic E-state index is 0.130. The molecule has 0 N–H and O–H groups in total. The molecule has 1 aliphatic carbocycles. The molecule has 4 heteroatoms. The zero-order chi connectivity index (χ0) is 13.9. The molecule has 1 heterocycles. The topological polar surface area (TPSA) is 44.8 Å². The Balaban J connectivity index is 2.08. The molecule has 19 heavy (non-hydrogen) atoms. The van der Waals surface area contributed by atoms with Gasteiger partial charge in [-0.05, 0) is 40.0 Å². The molecule has 1 spiro atoms. The van der Waals surface area contributed by atoms with Crippen LogP contribution in [0.25, 0.3) is 0 Å². The molecule has 4 nitrogen and oxygen atoms in total. The van der Waals surface area contributed by atoms with Crippen molar-refractivity contribution in [1.82, 2.24) is 0 Å². The van der Waals surface area contributed by atoms with Gasteiger partial charge in [0.05, 0.1) is 25.2 Å². The van der Waals surface area contributed by atoms with Gasteiger partial charge in [0.2, 0.25) is 0 Å². The Labute approximate surface area is 115 Å². The van der Waals surface area contributed by atoms with Crippen LogP contribution in [-0.2, 0) is 19.0 Å². The van der Waals surface area contributed by atoms with E-state index < -0.39 is 5.79 Å². The van der Waals surface area contributed by atoms with Crippen LogP contribution >= 0.6 is 0 Å². The Morgan fingerprint density at radius 1 is 1.26 bits per heavy atom. The fourth-order valence-electron chi connectivity index (χ4n) is 3.45. The highest BCUT2D eigenvalue weighted by Crippen LogP contribution is 2.44. The fraction of sp³-hybridized carbons (Fsp3) is 0.933. The van der Waals surface area contributed by atoms with Crippen molar-refractivity contribution in [2.45, 2.75) is 77.3 Å². The standard InChI is InChI=1S/C15H26O4/c1-4-17-14(16)10-13-7-5-6-8-15(13)18-11(2)9-12(3)19-15/h11-13H,4-10H2,1-3H3/t11-,12-,13+/m1/s1. The summed E-state index contributed by atoms with van der Waals surface area (Å²) >= 11 is 0. The van der Waals surface area contributed by atoms with Crippen LogP contribution < -0.4 is 0 Å². The molecule has 2 fully saturated rings. The van der Waals surface area contributed by atoms with Crippen LogP contribution in [-0.4, -0.2) is 30.6 Å². The van der Waals surface area contributed by atoms with Crippen LogP contribution in [0.1, 0.15) is 59.3 Å². The lowest BCUT2D eigenvalue weighted by atomic mass is 9.80. The summed E-state index contributed by atoms with van der Waals surface area (Å²) < 4.78 is 17.4. The van der Waals surface area contributed by atoms with Crippen molar-refractivity contribution in [3.8, 4) is 0 Å². The van der Waals surface area contributed by atoms with Crippen LogP contribution in [0.4, 0.5) is 0 Å². The van der Waals surface area contributed by atoms with Crippen LogP contribution in [0.3, 0.4) is 0 Å². The lowest BCUT2D eigenvalue weighted by molar-refractivity contribution is -0.344.